The zero-order valence-electron chi connectivity index (χ0n) is 15.7. The number of pyridine rings is 1. The molecular weight excluding hydrogens is 380 g/mol. The molecule has 0 bridgehead atoms. The first-order valence-electron chi connectivity index (χ1n) is 9.15. The number of aryl methyl sites for hydroxylation is 1. The van der Waals surface area contributed by atoms with E-state index in [9.17, 15) is 0 Å². The summed E-state index contributed by atoms with van der Waals surface area (Å²) in [6.45, 7) is 5.96. The van der Waals surface area contributed by atoms with Crippen LogP contribution in [0.15, 0.2) is 67.0 Å². The average molecular weight is 398 g/mol. The highest BCUT2D eigenvalue weighted by atomic mass is 32.1. The zero-order chi connectivity index (χ0) is 19.8. The van der Waals surface area contributed by atoms with E-state index in [0.717, 1.165) is 50.4 Å². The van der Waals surface area contributed by atoms with Gasteiger partial charge in [0, 0.05) is 38.9 Å². The third kappa shape index (κ3) is 3.01. The van der Waals surface area contributed by atoms with Crippen LogP contribution >= 0.6 is 11.3 Å². The molecule has 0 saturated carbocycles. The first-order chi connectivity index (χ1) is 14.2. The Hall–Kier alpha value is -3.71. The monoisotopic (exact) mass is 398 g/mol. The van der Waals surface area contributed by atoms with Crippen LogP contribution in [0.4, 0.5) is 0 Å². The van der Waals surface area contributed by atoms with E-state index < -0.39 is 0 Å². The predicted molar refractivity (Wildman–Crippen MR) is 118 cm³/mol. The molecule has 5 aromatic rings. The highest BCUT2D eigenvalue weighted by molar-refractivity contribution is 7.11. The molecule has 6 nitrogen and oxygen atoms in total. The van der Waals surface area contributed by atoms with Gasteiger partial charge in [0.15, 0.2) is 0 Å². The summed E-state index contributed by atoms with van der Waals surface area (Å²) in [7, 11) is 0. The largest absolute Gasteiger partial charge is 0.357 e. The summed E-state index contributed by atoms with van der Waals surface area (Å²) in [5, 5.41) is 17.6. The van der Waals surface area contributed by atoms with E-state index in [-0.39, 0.29) is 0 Å². The molecule has 0 aliphatic heterocycles. The molecule has 3 N–H and O–H groups in total. The Kier molecular flexibility index (Phi) is 4.22. The smallest absolute Gasteiger partial charge is 0.116 e. The van der Waals surface area contributed by atoms with Crippen LogP contribution in [-0.2, 0) is 0 Å². The van der Waals surface area contributed by atoms with Crippen LogP contribution in [0.3, 0.4) is 0 Å². The molecule has 0 radical (unpaired) electrons. The molecule has 0 aromatic carbocycles. The lowest BCUT2D eigenvalue weighted by atomic mass is 10.0. The van der Waals surface area contributed by atoms with E-state index in [1.807, 2.05) is 18.3 Å². The van der Waals surface area contributed by atoms with Crippen LogP contribution in [0.1, 0.15) is 16.1 Å². The Morgan fingerprint density at radius 1 is 1.24 bits per heavy atom. The van der Waals surface area contributed by atoms with Crippen LogP contribution in [0.25, 0.3) is 39.1 Å². The quantitative estimate of drug-likeness (QED) is 0.350. The number of thiophene rings is 1. The molecule has 0 aliphatic rings. The van der Waals surface area contributed by atoms with E-state index in [0.29, 0.717) is 0 Å². The Labute approximate surface area is 171 Å². The van der Waals surface area contributed by atoms with Crippen LogP contribution in [0, 0.1) is 6.92 Å². The van der Waals surface area contributed by atoms with E-state index in [1.54, 1.807) is 23.7 Å². The number of aromatic amines is 3. The third-order valence-corrected chi connectivity index (χ3v) is 5.78. The number of allylic oxidation sites excluding steroid dienone is 2. The number of H-pyrrole nitrogens is 3. The minimum Gasteiger partial charge on any atom is -0.357 e. The van der Waals surface area contributed by atoms with Gasteiger partial charge < -0.3 is 4.98 Å². The summed E-state index contributed by atoms with van der Waals surface area (Å²) in [6.07, 6.45) is 9.28. The SMILES string of the molecule is C=C/C=C(/c1cccs1)c1cc(-c2n[nH]c3cnc(-c4cn[nH]c4)cc23)[nH]c1C. The average Bonchev–Trinajstić information content (AvgIpc) is 3.52. The third-order valence-electron chi connectivity index (χ3n) is 4.87. The summed E-state index contributed by atoms with van der Waals surface area (Å²) in [6, 6.07) is 8.37. The number of hydrogen-bond acceptors (Lipinski definition) is 4. The molecule has 0 saturated heterocycles. The van der Waals surface area contributed by atoms with Crippen molar-refractivity contribution < 1.29 is 0 Å². The van der Waals surface area contributed by atoms with Crippen LogP contribution < -0.4 is 0 Å². The topological polar surface area (TPSA) is 86.0 Å². The van der Waals surface area contributed by atoms with Crippen molar-refractivity contribution in [2.75, 3.05) is 0 Å². The van der Waals surface area contributed by atoms with Crippen molar-refractivity contribution >= 4 is 27.8 Å². The molecule has 5 heterocycles. The molecule has 142 valence electrons. The molecular formula is C22H18N6S. The lowest BCUT2D eigenvalue weighted by Crippen LogP contribution is -1.85. The molecule has 5 aromatic heterocycles. The van der Waals surface area contributed by atoms with E-state index in [1.165, 1.54) is 4.88 Å². The minimum atomic E-state index is 0.850. The minimum absolute atomic E-state index is 0.850. The van der Waals surface area contributed by atoms with Crippen molar-refractivity contribution in [2.24, 2.45) is 0 Å². The number of nitrogens with one attached hydrogen (secondary N) is 3. The normalized spacial score (nSPS) is 12.0. The van der Waals surface area contributed by atoms with Crippen molar-refractivity contribution in [1.82, 2.24) is 30.4 Å². The number of rotatable bonds is 5. The number of fused-ring (bicyclic) bond motifs is 1. The van der Waals surface area contributed by atoms with Gasteiger partial charge in [0.05, 0.1) is 29.3 Å². The van der Waals surface area contributed by atoms with Gasteiger partial charge in [-0.2, -0.15) is 10.2 Å². The van der Waals surface area contributed by atoms with Crippen molar-refractivity contribution in [3.05, 3.63) is 83.1 Å². The predicted octanol–water partition coefficient (Wildman–Crippen LogP) is 5.33. The molecule has 29 heavy (non-hydrogen) atoms. The summed E-state index contributed by atoms with van der Waals surface area (Å²) in [5.41, 5.74) is 7.88. The van der Waals surface area contributed by atoms with Crippen molar-refractivity contribution in [2.45, 2.75) is 6.92 Å². The highest BCUT2D eigenvalue weighted by Gasteiger charge is 2.17. The maximum Gasteiger partial charge on any atom is 0.116 e. The Bertz CT molecular complexity index is 1320. The molecule has 0 spiro atoms. The molecule has 0 amide bonds. The fourth-order valence-corrected chi connectivity index (χ4v) is 4.26. The van der Waals surface area contributed by atoms with Crippen molar-refractivity contribution in [3.63, 3.8) is 0 Å². The molecule has 0 atom stereocenters. The van der Waals surface area contributed by atoms with E-state index in [2.05, 4.69) is 73.5 Å². The second-order valence-corrected chi connectivity index (χ2v) is 7.64. The maximum absolute atomic E-state index is 4.55. The number of aromatic nitrogens is 6. The lowest BCUT2D eigenvalue weighted by molar-refractivity contribution is 1.09. The summed E-state index contributed by atoms with van der Waals surface area (Å²) >= 11 is 1.72. The van der Waals surface area contributed by atoms with Crippen LogP contribution in [0.5, 0.6) is 0 Å². The van der Waals surface area contributed by atoms with Gasteiger partial charge in [-0.25, -0.2) is 0 Å². The van der Waals surface area contributed by atoms with Gasteiger partial charge in [-0.05, 0) is 30.5 Å². The van der Waals surface area contributed by atoms with Gasteiger partial charge in [0.1, 0.15) is 5.69 Å². The summed E-state index contributed by atoms with van der Waals surface area (Å²) in [4.78, 5) is 9.21. The Morgan fingerprint density at radius 2 is 2.17 bits per heavy atom. The summed E-state index contributed by atoms with van der Waals surface area (Å²) < 4.78 is 0. The van der Waals surface area contributed by atoms with Gasteiger partial charge in [-0.3, -0.25) is 15.2 Å². The fourth-order valence-electron chi connectivity index (χ4n) is 3.49. The van der Waals surface area contributed by atoms with Crippen LogP contribution in [-0.4, -0.2) is 30.4 Å². The second kappa shape index (κ2) is 7.03. The Morgan fingerprint density at radius 3 is 2.93 bits per heavy atom. The van der Waals surface area contributed by atoms with Gasteiger partial charge in [-0.15, -0.1) is 11.3 Å². The number of nitrogens with zero attached hydrogens (tertiary/aromatic N) is 3. The fraction of sp³-hybridized carbons (Fsp3) is 0.0455. The molecule has 0 aliphatic carbocycles. The van der Waals surface area contributed by atoms with Gasteiger partial charge in [0.2, 0.25) is 0 Å². The van der Waals surface area contributed by atoms with Crippen molar-refractivity contribution in [1.29, 1.82) is 0 Å². The highest BCUT2D eigenvalue weighted by Crippen LogP contribution is 2.34. The Balaban J connectivity index is 1.63. The molecule has 0 fully saturated rings. The lowest BCUT2D eigenvalue weighted by Gasteiger charge is -2.03. The van der Waals surface area contributed by atoms with E-state index >= 15 is 0 Å². The first-order valence-corrected chi connectivity index (χ1v) is 10.0. The van der Waals surface area contributed by atoms with Crippen molar-refractivity contribution in [3.8, 4) is 22.6 Å². The van der Waals surface area contributed by atoms with Crippen LogP contribution in [0.2, 0.25) is 0 Å². The van der Waals surface area contributed by atoms with Gasteiger partial charge in [-0.1, -0.05) is 24.8 Å². The van der Waals surface area contributed by atoms with Gasteiger partial charge in [0.25, 0.3) is 0 Å². The standard InChI is InChI=1S/C22H18N6S/c1-3-5-15(21-6-4-7-29-21)16-8-19(26-13(16)2)22-17-9-18(14-10-24-25-11-14)23-12-20(17)27-28-22/h3-12,26H,1H2,2H3,(H,24,25)(H,27,28)/b15-5+. The first kappa shape index (κ1) is 17.4. The summed E-state index contributed by atoms with van der Waals surface area (Å²) in [5.74, 6) is 0. The van der Waals surface area contributed by atoms with Gasteiger partial charge >= 0.3 is 0 Å². The zero-order valence-corrected chi connectivity index (χ0v) is 16.5. The molecule has 5 rings (SSSR count). The second-order valence-electron chi connectivity index (χ2n) is 6.69. The number of hydrogen-bond donors (Lipinski definition) is 3. The van der Waals surface area contributed by atoms with E-state index in [4.69, 9.17) is 0 Å². The molecule has 0 unspecified atom stereocenters. The molecule has 7 heteroatoms. The maximum atomic E-state index is 4.55.